The smallest absolute Gasteiger partial charge is 0.251 e. The summed E-state index contributed by atoms with van der Waals surface area (Å²) in [5, 5.41) is 5.43. The molecule has 0 unspecified atom stereocenters. The van der Waals surface area contributed by atoms with Crippen LogP contribution in [0.3, 0.4) is 0 Å². The summed E-state index contributed by atoms with van der Waals surface area (Å²) in [6, 6.07) is 11.9. The lowest BCUT2D eigenvalue weighted by Crippen LogP contribution is -2.24. The minimum absolute atomic E-state index is 0.140. The maximum Gasteiger partial charge on any atom is 0.251 e. The molecule has 2 amide bonds. The van der Waals surface area contributed by atoms with E-state index in [2.05, 4.69) is 15.6 Å². The van der Waals surface area contributed by atoms with Crippen molar-refractivity contribution in [2.45, 2.75) is 24.3 Å². The van der Waals surface area contributed by atoms with Gasteiger partial charge in [-0.1, -0.05) is 12.1 Å². The maximum absolute atomic E-state index is 12.4. The van der Waals surface area contributed by atoms with Crippen molar-refractivity contribution in [3.8, 4) is 0 Å². The molecule has 3 rings (SSSR count). The van der Waals surface area contributed by atoms with E-state index in [1.165, 1.54) is 14.1 Å². The Balaban J connectivity index is 1.65. The van der Waals surface area contributed by atoms with E-state index >= 15 is 0 Å². The molecule has 0 saturated heterocycles. The normalized spacial score (nSPS) is 11.7. The molecule has 2 N–H and O–H groups in total. The highest BCUT2D eigenvalue weighted by molar-refractivity contribution is 7.89. The van der Waals surface area contributed by atoms with E-state index in [1.807, 2.05) is 17.7 Å². The zero-order valence-corrected chi connectivity index (χ0v) is 19.4. The SMILES string of the molecule is CNC(=O)c1cccc(CNC(=O)CCc2nc3cc(S(=O)(=O)N(C)C)ccc3n2C)c1. The van der Waals surface area contributed by atoms with E-state index in [4.69, 9.17) is 0 Å². The predicted octanol–water partition coefficient (Wildman–Crippen LogP) is 1.43. The number of sulfonamides is 1. The number of nitrogens with zero attached hydrogens (tertiary/aromatic N) is 3. The lowest BCUT2D eigenvalue weighted by molar-refractivity contribution is -0.121. The molecule has 0 atom stereocenters. The lowest BCUT2D eigenvalue weighted by atomic mass is 10.1. The van der Waals surface area contributed by atoms with Gasteiger partial charge in [-0.2, -0.15) is 0 Å². The van der Waals surface area contributed by atoms with Crippen LogP contribution in [0.4, 0.5) is 0 Å². The van der Waals surface area contributed by atoms with Crippen LogP contribution in [0.2, 0.25) is 0 Å². The van der Waals surface area contributed by atoms with Crippen LogP contribution in [0.1, 0.15) is 28.2 Å². The number of amides is 2. The van der Waals surface area contributed by atoms with Crippen LogP contribution < -0.4 is 10.6 Å². The molecule has 0 spiro atoms. The number of benzene rings is 2. The van der Waals surface area contributed by atoms with E-state index < -0.39 is 10.0 Å². The number of nitrogens with one attached hydrogen (secondary N) is 2. The first-order valence-electron chi connectivity index (χ1n) is 10.1. The Kier molecular flexibility index (Phi) is 6.95. The second-order valence-corrected chi connectivity index (χ2v) is 9.73. The molecule has 170 valence electrons. The maximum atomic E-state index is 12.4. The fourth-order valence-corrected chi connectivity index (χ4v) is 4.23. The van der Waals surface area contributed by atoms with Crippen molar-refractivity contribution >= 4 is 32.9 Å². The van der Waals surface area contributed by atoms with Crippen molar-refractivity contribution in [3.05, 3.63) is 59.4 Å². The van der Waals surface area contributed by atoms with Crippen molar-refractivity contribution in [1.82, 2.24) is 24.5 Å². The minimum Gasteiger partial charge on any atom is -0.355 e. The van der Waals surface area contributed by atoms with Crippen LogP contribution in [-0.4, -0.2) is 55.2 Å². The summed E-state index contributed by atoms with van der Waals surface area (Å²) in [5.41, 5.74) is 2.73. The highest BCUT2D eigenvalue weighted by atomic mass is 32.2. The summed E-state index contributed by atoms with van der Waals surface area (Å²) in [4.78, 5) is 28.8. The Morgan fingerprint density at radius 2 is 1.88 bits per heavy atom. The Morgan fingerprint density at radius 3 is 2.56 bits per heavy atom. The quantitative estimate of drug-likeness (QED) is 0.531. The molecule has 1 heterocycles. The Morgan fingerprint density at radius 1 is 1.12 bits per heavy atom. The van der Waals surface area contributed by atoms with Gasteiger partial charge in [0.15, 0.2) is 0 Å². The van der Waals surface area contributed by atoms with Gasteiger partial charge in [0.1, 0.15) is 5.82 Å². The molecule has 0 aliphatic rings. The molecule has 0 fully saturated rings. The summed E-state index contributed by atoms with van der Waals surface area (Å²) >= 11 is 0. The Hall–Kier alpha value is -3.24. The number of rotatable bonds is 8. The molecule has 1 aromatic heterocycles. The largest absolute Gasteiger partial charge is 0.355 e. The van der Waals surface area contributed by atoms with E-state index in [-0.39, 0.29) is 23.1 Å². The molecule has 32 heavy (non-hydrogen) atoms. The van der Waals surface area contributed by atoms with Crippen LogP contribution in [0.15, 0.2) is 47.4 Å². The molecule has 0 aliphatic heterocycles. The molecule has 10 heteroatoms. The van der Waals surface area contributed by atoms with Crippen LogP contribution in [0, 0.1) is 0 Å². The number of carbonyl (C=O) groups excluding carboxylic acids is 2. The number of fused-ring (bicyclic) bond motifs is 1. The molecule has 2 aromatic carbocycles. The summed E-state index contributed by atoms with van der Waals surface area (Å²) < 4.78 is 27.7. The van der Waals surface area contributed by atoms with Crippen molar-refractivity contribution in [2.75, 3.05) is 21.1 Å². The number of hydrogen-bond acceptors (Lipinski definition) is 5. The molecular formula is C22H27N5O4S. The molecular weight excluding hydrogens is 430 g/mol. The standard InChI is InChI=1S/C22H27N5O4S/c1-23-22(29)16-7-5-6-15(12-16)14-24-21(28)11-10-20-25-18-13-17(32(30,31)26(2)3)8-9-19(18)27(20)4/h5-9,12-13H,10-11,14H2,1-4H3,(H,23,29)(H,24,28). The number of aromatic nitrogens is 2. The van der Waals surface area contributed by atoms with Crippen LogP contribution in [0.5, 0.6) is 0 Å². The lowest BCUT2D eigenvalue weighted by Gasteiger charge is -2.10. The van der Waals surface area contributed by atoms with Gasteiger partial charge in [-0.15, -0.1) is 0 Å². The third kappa shape index (κ3) is 4.97. The zero-order chi connectivity index (χ0) is 23.5. The minimum atomic E-state index is -3.55. The van der Waals surface area contributed by atoms with Gasteiger partial charge in [-0.05, 0) is 35.9 Å². The topological polar surface area (TPSA) is 113 Å². The summed E-state index contributed by atoms with van der Waals surface area (Å²) in [6.45, 7) is 0.317. The van der Waals surface area contributed by atoms with Crippen LogP contribution >= 0.6 is 0 Å². The molecule has 9 nitrogen and oxygen atoms in total. The third-order valence-corrected chi connectivity index (χ3v) is 7.02. The van der Waals surface area contributed by atoms with E-state index in [9.17, 15) is 18.0 Å². The summed E-state index contributed by atoms with van der Waals surface area (Å²) in [6.07, 6.45) is 0.639. The van der Waals surface area contributed by atoms with Gasteiger partial charge >= 0.3 is 0 Å². The highest BCUT2D eigenvalue weighted by Gasteiger charge is 2.19. The van der Waals surface area contributed by atoms with Crippen molar-refractivity contribution in [3.63, 3.8) is 0 Å². The number of imidazole rings is 1. The van der Waals surface area contributed by atoms with Gasteiger partial charge in [0.25, 0.3) is 5.91 Å². The average Bonchev–Trinajstić information content (AvgIpc) is 3.10. The fraction of sp³-hybridized carbons (Fsp3) is 0.318. The number of carbonyl (C=O) groups is 2. The Labute approximate surface area is 187 Å². The highest BCUT2D eigenvalue weighted by Crippen LogP contribution is 2.21. The van der Waals surface area contributed by atoms with Crippen molar-refractivity contribution in [1.29, 1.82) is 0 Å². The van der Waals surface area contributed by atoms with Gasteiger partial charge in [0.05, 0.1) is 15.9 Å². The van der Waals surface area contributed by atoms with Crippen LogP contribution in [-0.2, 0) is 34.8 Å². The molecule has 0 aliphatic carbocycles. The first-order valence-corrected chi connectivity index (χ1v) is 11.5. The molecule has 0 saturated carbocycles. The zero-order valence-electron chi connectivity index (χ0n) is 18.5. The van der Waals surface area contributed by atoms with Gasteiger partial charge < -0.3 is 15.2 Å². The molecule has 0 radical (unpaired) electrons. The van der Waals surface area contributed by atoms with E-state index in [1.54, 1.807) is 43.4 Å². The first-order chi connectivity index (χ1) is 15.1. The predicted molar refractivity (Wildman–Crippen MR) is 122 cm³/mol. The first kappa shape index (κ1) is 23.4. The van der Waals surface area contributed by atoms with Crippen LogP contribution in [0.25, 0.3) is 11.0 Å². The van der Waals surface area contributed by atoms with Crippen molar-refractivity contribution < 1.29 is 18.0 Å². The van der Waals surface area contributed by atoms with Crippen molar-refractivity contribution in [2.24, 2.45) is 7.05 Å². The van der Waals surface area contributed by atoms with Gasteiger partial charge in [0, 0.05) is 53.1 Å². The van der Waals surface area contributed by atoms with Gasteiger partial charge in [0.2, 0.25) is 15.9 Å². The fourth-order valence-electron chi connectivity index (χ4n) is 3.31. The van der Waals surface area contributed by atoms with E-state index in [0.717, 1.165) is 15.4 Å². The van der Waals surface area contributed by atoms with Gasteiger partial charge in [-0.25, -0.2) is 17.7 Å². The number of aryl methyl sites for hydroxylation is 2. The molecule has 0 bridgehead atoms. The second kappa shape index (κ2) is 9.49. The molecule has 3 aromatic rings. The Bertz CT molecular complexity index is 1260. The third-order valence-electron chi connectivity index (χ3n) is 5.21. The van der Waals surface area contributed by atoms with E-state index in [0.29, 0.717) is 29.9 Å². The number of hydrogen-bond donors (Lipinski definition) is 2. The average molecular weight is 458 g/mol. The summed E-state index contributed by atoms with van der Waals surface area (Å²) in [7, 11) is 2.83. The van der Waals surface area contributed by atoms with Gasteiger partial charge in [-0.3, -0.25) is 9.59 Å². The summed E-state index contributed by atoms with van der Waals surface area (Å²) in [5.74, 6) is 0.371. The second-order valence-electron chi connectivity index (χ2n) is 7.58. The monoisotopic (exact) mass is 457 g/mol.